The SMILES string of the molecule is CCCCCCCCCCCCCCCCCC(=O)OC(COC(=O)CCCCCCCCCC)COP(=O)([O-])OCC[N+](C)(C)C. The lowest BCUT2D eigenvalue weighted by Gasteiger charge is -2.28. The molecule has 0 amide bonds. The summed E-state index contributed by atoms with van der Waals surface area (Å²) < 4.78 is 33.7. The lowest BCUT2D eigenvalue weighted by molar-refractivity contribution is -0.870. The lowest BCUT2D eigenvalue weighted by Crippen LogP contribution is -2.37. The molecule has 2 unspecified atom stereocenters. The largest absolute Gasteiger partial charge is 0.756 e. The Kier molecular flexibility index (Phi) is 30.4. The van der Waals surface area contributed by atoms with Gasteiger partial charge in [-0.1, -0.05) is 149 Å². The van der Waals surface area contributed by atoms with Gasteiger partial charge in [0, 0.05) is 12.8 Å². The summed E-state index contributed by atoms with van der Waals surface area (Å²) in [5, 5.41) is 0. The Morgan fingerprint density at radius 1 is 0.574 bits per heavy atom. The van der Waals surface area contributed by atoms with E-state index in [9.17, 15) is 19.0 Å². The van der Waals surface area contributed by atoms with Crippen LogP contribution in [-0.2, 0) is 32.7 Å². The molecular formula is C37H74NO8P. The number of rotatable bonds is 35. The number of hydrogen-bond donors (Lipinski definition) is 0. The first kappa shape index (κ1) is 46.0. The van der Waals surface area contributed by atoms with E-state index in [1.165, 1.54) is 109 Å². The Labute approximate surface area is 289 Å². The number of carbonyl (C=O) groups excluding carboxylic acids is 2. The summed E-state index contributed by atoms with van der Waals surface area (Å²) in [5.41, 5.74) is 0. The number of likely N-dealkylation sites (N-methyl/N-ethyl adjacent to an activating group) is 1. The second-order valence-corrected chi connectivity index (χ2v) is 15.7. The minimum atomic E-state index is -4.60. The quantitative estimate of drug-likeness (QED) is 0.0280. The third kappa shape index (κ3) is 34.7. The van der Waals surface area contributed by atoms with Crippen molar-refractivity contribution in [1.82, 2.24) is 0 Å². The summed E-state index contributed by atoms with van der Waals surface area (Å²) in [6.07, 6.45) is 27.1. The van der Waals surface area contributed by atoms with Crippen LogP contribution in [0.3, 0.4) is 0 Å². The van der Waals surface area contributed by atoms with Crippen molar-refractivity contribution >= 4 is 19.8 Å². The molecule has 280 valence electrons. The molecule has 0 aliphatic heterocycles. The summed E-state index contributed by atoms with van der Waals surface area (Å²) in [6.45, 7) is 4.20. The van der Waals surface area contributed by atoms with Crippen LogP contribution in [0.15, 0.2) is 0 Å². The minimum absolute atomic E-state index is 0.0263. The van der Waals surface area contributed by atoms with Gasteiger partial charge in [-0.2, -0.15) is 0 Å². The van der Waals surface area contributed by atoms with Crippen molar-refractivity contribution in [3.63, 3.8) is 0 Å². The van der Waals surface area contributed by atoms with Gasteiger partial charge in [-0.3, -0.25) is 14.2 Å². The van der Waals surface area contributed by atoms with Gasteiger partial charge in [0.15, 0.2) is 6.10 Å². The zero-order valence-electron chi connectivity index (χ0n) is 31.2. The monoisotopic (exact) mass is 692 g/mol. The maximum absolute atomic E-state index is 12.6. The molecule has 10 heteroatoms. The van der Waals surface area contributed by atoms with Gasteiger partial charge in [-0.25, -0.2) is 0 Å². The summed E-state index contributed by atoms with van der Waals surface area (Å²) >= 11 is 0. The van der Waals surface area contributed by atoms with Crippen LogP contribution in [0.4, 0.5) is 0 Å². The van der Waals surface area contributed by atoms with Crippen molar-refractivity contribution in [3.05, 3.63) is 0 Å². The van der Waals surface area contributed by atoms with Crippen molar-refractivity contribution in [2.75, 3.05) is 47.5 Å². The molecule has 0 aliphatic rings. The first-order valence-corrected chi connectivity index (χ1v) is 20.7. The van der Waals surface area contributed by atoms with E-state index in [4.69, 9.17) is 18.5 Å². The number of phosphoric ester groups is 1. The van der Waals surface area contributed by atoms with Crippen molar-refractivity contribution in [3.8, 4) is 0 Å². The molecule has 0 aromatic carbocycles. The van der Waals surface area contributed by atoms with Crippen LogP contribution in [-0.4, -0.2) is 70.0 Å². The third-order valence-electron chi connectivity index (χ3n) is 8.38. The van der Waals surface area contributed by atoms with Gasteiger partial charge in [0.05, 0.1) is 27.7 Å². The Hall–Kier alpha value is -0.990. The average molecular weight is 692 g/mol. The molecule has 0 saturated carbocycles. The van der Waals surface area contributed by atoms with Gasteiger partial charge in [0.2, 0.25) is 0 Å². The van der Waals surface area contributed by atoms with E-state index in [0.29, 0.717) is 17.4 Å². The van der Waals surface area contributed by atoms with Crippen LogP contribution in [0, 0.1) is 0 Å². The number of phosphoric acid groups is 1. The number of carbonyl (C=O) groups is 2. The highest BCUT2D eigenvalue weighted by molar-refractivity contribution is 7.45. The zero-order chi connectivity index (χ0) is 35.1. The zero-order valence-corrected chi connectivity index (χ0v) is 32.1. The van der Waals surface area contributed by atoms with Gasteiger partial charge >= 0.3 is 11.9 Å². The molecule has 0 fully saturated rings. The first-order chi connectivity index (χ1) is 22.5. The predicted octanol–water partition coefficient (Wildman–Crippen LogP) is 9.44. The molecule has 0 spiro atoms. The fraction of sp³-hybridized carbons (Fsp3) is 0.946. The van der Waals surface area contributed by atoms with Gasteiger partial charge in [-0.15, -0.1) is 0 Å². The molecule has 9 nitrogen and oxygen atoms in total. The first-order valence-electron chi connectivity index (χ1n) is 19.2. The highest BCUT2D eigenvalue weighted by atomic mass is 31.2. The van der Waals surface area contributed by atoms with Crippen LogP contribution in [0.1, 0.15) is 174 Å². The van der Waals surface area contributed by atoms with Gasteiger partial charge in [0.1, 0.15) is 19.8 Å². The topological polar surface area (TPSA) is 111 Å². The second kappa shape index (κ2) is 31.0. The van der Waals surface area contributed by atoms with Gasteiger partial charge < -0.3 is 27.9 Å². The normalized spacial score (nSPS) is 13.7. The molecule has 0 aromatic rings. The van der Waals surface area contributed by atoms with E-state index >= 15 is 0 Å². The van der Waals surface area contributed by atoms with E-state index in [0.717, 1.165) is 32.1 Å². The van der Waals surface area contributed by atoms with Crippen LogP contribution in [0.25, 0.3) is 0 Å². The smallest absolute Gasteiger partial charge is 0.306 e. The minimum Gasteiger partial charge on any atom is -0.756 e. The number of unbranched alkanes of at least 4 members (excludes halogenated alkanes) is 21. The summed E-state index contributed by atoms with van der Waals surface area (Å²) in [6, 6.07) is 0. The number of hydrogen-bond acceptors (Lipinski definition) is 8. The third-order valence-corrected chi connectivity index (χ3v) is 9.34. The number of nitrogens with zero attached hydrogens (tertiary/aromatic N) is 1. The fourth-order valence-electron chi connectivity index (χ4n) is 5.30. The molecule has 47 heavy (non-hydrogen) atoms. The van der Waals surface area contributed by atoms with Crippen molar-refractivity contribution in [1.29, 1.82) is 0 Å². The predicted molar refractivity (Wildman–Crippen MR) is 190 cm³/mol. The summed E-state index contributed by atoms with van der Waals surface area (Å²) in [4.78, 5) is 37.2. The Morgan fingerprint density at radius 2 is 0.957 bits per heavy atom. The molecule has 2 atom stereocenters. The van der Waals surface area contributed by atoms with Crippen molar-refractivity contribution in [2.24, 2.45) is 0 Å². The molecule has 0 rings (SSSR count). The summed E-state index contributed by atoms with van der Waals surface area (Å²) in [5.74, 6) is -0.831. The average Bonchev–Trinajstić information content (AvgIpc) is 3.01. The van der Waals surface area contributed by atoms with Crippen LogP contribution >= 0.6 is 7.82 Å². The maximum atomic E-state index is 12.6. The maximum Gasteiger partial charge on any atom is 0.306 e. The van der Waals surface area contributed by atoms with Crippen molar-refractivity contribution < 1.29 is 42.1 Å². The molecule has 0 N–H and O–H groups in total. The number of ether oxygens (including phenoxy) is 2. The lowest BCUT2D eigenvalue weighted by atomic mass is 10.0. The molecule has 0 aliphatic carbocycles. The molecule has 0 aromatic heterocycles. The molecule has 0 bridgehead atoms. The van der Waals surface area contributed by atoms with Crippen LogP contribution in [0.2, 0.25) is 0 Å². The fourth-order valence-corrected chi connectivity index (χ4v) is 6.03. The number of quaternary nitrogens is 1. The summed E-state index contributed by atoms with van der Waals surface area (Å²) in [7, 11) is 1.18. The van der Waals surface area contributed by atoms with Gasteiger partial charge in [0.25, 0.3) is 7.82 Å². The molecule has 0 heterocycles. The van der Waals surface area contributed by atoms with E-state index < -0.39 is 26.5 Å². The highest BCUT2D eigenvalue weighted by Crippen LogP contribution is 2.38. The Morgan fingerprint density at radius 3 is 1.36 bits per heavy atom. The molecular weight excluding hydrogens is 617 g/mol. The van der Waals surface area contributed by atoms with E-state index in [1.54, 1.807) is 0 Å². The van der Waals surface area contributed by atoms with E-state index in [2.05, 4.69) is 13.8 Å². The van der Waals surface area contributed by atoms with Gasteiger partial charge in [-0.05, 0) is 12.8 Å². The Balaban J connectivity index is 4.36. The highest BCUT2D eigenvalue weighted by Gasteiger charge is 2.21. The standard InChI is InChI=1S/C37H74NO8P/c1-6-8-10-12-14-16-17-18-19-20-21-22-24-26-28-30-37(40)46-35(34-45-47(41,42)44-32-31-38(3,4)5)33-43-36(39)29-27-25-23-15-13-11-9-7-2/h35H,6-34H2,1-5H3. The number of esters is 2. The molecule has 0 saturated heterocycles. The Bertz CT molecular complexity index is 789. The van der Waals surface area contributed by atoms with Crippen LogP contribution in [0.5, 0.6) is 0 Å². The second-order valence-electron chi connectivity index (χ2n) is 14.3. The molecule has 0 radical (unpaired) electrons. The van der Waals surface area contributed by atoms with E-state index in [-0.39, 0.29) is 32.0 Å². The van der Waals surface area contributed by atoms with Crippen LogP contribution < -0.4 is 4.89 Å². The van der Waals surface area contributed by atoms with E-state index in [1.807, 2.05) is 21.1 Å². The van der Waals surface area contributed by atoms with Crippen molar-refractivity contribution in [2.45, 2.75) is 180 Å².